The maximum absolute atomic E-state index is 10.3. The number of hydrogen-bond donors (Lipinski definition) is 4. The van der Waals surface area contributed by atoms with Crippen LogP contribution in [-0.4, -0.2) is 73.5 Å². The van der Waals surface area contributed by atoms with Crippen LogP contribution in [0.5, 0.6) is 17.2 Å². The zero-order valence-corrected chi connectivity index (χ0v) is 22.1. The number of carboxylic acids is 1. The van der Waals surface area contributed by atoms with Gasteiger partial charge in [0.2, 0.25) is 0 Å². The fraction of sp³-hybridized carbons (Fsp3) is 0. The van der Waals surface area contributed by atoms with Crippen molar-refractivity contribution in [3.05, 3.63) is 54.1 Å². The molecule has 0 bridgehead atoms. The normalized spacial score (nSPS) is 7.66. The monoisotopic (exact) mass is 484 g/mol. The van der Waals surface area contributed by atoms with Gasteiger partial charge >= 0.3 is 82.4 Å². The van der Waals surface area contributed by atoms with Crippen LogP contribution in [0.3, 0.4) is 0 Å². The summed E-state index contributed by atoms with van der Waals surface area (Å²) in [4.78, 5) is 10.3. The summed E-state index contributed by atoms with van der Waals surface area (Å²) in [6.45, 7) is 0. The number of para-hydroxylation sites is 1. The molecule has 0 fully saturated rings. The van der Waals surface area contributed by atoms with Crippen LogP contribution < -0.4 is 59.1 Å². The van der Waals surface area contributed by atoms with Gasteiger partial charge in [0, 0.05) is 6.07 Å². The Labute approximate surface area is 226 Å². The molecule has 0 saturated carbocycles. The van der Waals surface area contributed by atoms with Crippen molar-refractivity contribution in [2.45, 2.75) is 0 Å². The molecule has 0 spiro atoms. The summed E-state index contributed by atoms with van der Waals surface area (Å²) in [6.07, 6.45) is 0. The molecule has 150 valence electrons. The number of rotatable bonds is 1. The third-order valence-corrected chi connectivity index (χ3v) is 1.96. The number of carboxylic acid groups (broad SMARTS) is 1. The van der Waals surface area contributed by atoms with Crippen molar-refractivity contribution in [3.8, 4) is 17.2 Å². The molecule has 0 radical (unpaired) electrons. The second kappa shape index (κ2) is 24.3. The summed E-state index contributed by atoms with van der Waals surface area (Å²) < 4.78 is 26.7. The summed E-state index contributed by atoms with van der Waals surface area (Å²) in [5.41, 5.74) is -0.0671. The maximum atomic E-state index is 10.3. The predicted molar refractivity (Wildman–Crippen MR) is 93.5 cm³/mol. The summed E-state index contributed by atoms with van der Waals surface area (Å²) in [6, 6.07) is 11.7. The molecule has 0 aromatic heterocycles. The number of phenolic OH excluding ortho intramolecular Hbond substituents is 2. The van der Waals surface area contributed by atoms with Gasteiger partial charge in [-0.2, -0.15) is 0 Å². The van der Waals surface area contributed by atoms with Crippen LogP contribution in [-0.2, 0) is 20.2 Å². The molecular weight excluding hydrogens is 469 g/mol. The van der Waals surface area contributed by atoms with Crippen molar-refractivity contribution in [2.24, 2.45) is 0 Å². The minimum absolute atomic E-state index is 0. The Balaban J connectivity index is -0.0000000473. The van der Waals surface area contributed by atoms with E-state index in [9.17, 15) is 4.79 Å². The van der Waals surface area contributed by atoms with Crippen LogP contribution in [0.4, 0.5) is 0 Å². The van der Waals surface area contributed by atoms with E-state index in [4.69, 9.17) is 33.7 Å². The van der Waals surface area contributed by atoms with E-state index in [1.807, 2.05) is 0 Å². The van der Waals surface area contributed by atoms with Gasteiger partial charge in [0.1, 0.15) is 22.8 Å². The van der Waals surface area contributed by atoms with Gasteiger partial charge in [0.25, 0.3) is 0 Å². The van der Waals surface area contributed by atoms with Crippen LogP contribution >= 0.6 is 0 Å². The van der Waals surface area contributed by atoms with Crippen molar-refractivity contribution >= 4 is 43.6 Å². The molecule has 0 aliphatic carbocycles. The molecule has 11 nitrogen and oxygen atoms in total. The quantitative estimate of drug-likeness (QED) is 0.276. The van der Waals surface area contributed by atoms with Crippen LogP contribution in [0.25, 0.3) is 0 Å². The van der Waals surface area contributed by atoms with Gasteiger partial charge in [-0.3, -0.25) is 4.21 Å². The average Bonchev–Trinajstić information content (AvgIpc) is 2.37. The molecule has 0 aliphatic rings. The number of aromatic carboxylic acids is 1. The molecule has 29 heavy (non-hydrogen) atoms. The average molecular weight is 484 g/mol. The smallest absolute Gasteiger partial charge is 0.870 e. The molecular formula is C13H15AlNa2O11S2. The van der Waals surface area contributed by atoms with Crippen LogP contribution in [0.15, 0.2) is 48.5 Å². The third-order valence-electron chi connectivity index (χ3n) is 1.96. The van der Waals surface area contributed by atoms with E-state index in [0.717, 1.165) is 0 Å². The standard InChI is InChI=1S/C7H6O3.C6H6O2.Al.2Na.H2O3S2.3H2O/c8-6-4-2-1-3-5(6)7(9)10;7-5-2-1-3-6(8)4-5;;;;1-5(2,3)4;;;/h1-4,8H,(H,9,10);1-4,7-8H;;;;(H2,1,2,3,4);3*1H2/q;;+3;2*+1;;;;/p-5. The van der Waals surface area contributed by atoms with Gasteiger partial charge in [-0.1, -0.05) is 18.2 Å². The first-order valence-electron chi connectivity index (χ1n) is 5.66. The molecule has 0 heterocycles. The third kappa shape index (κ3) is 30.3. The first kappa shape index (κ1) is 47.0. The molecule has 0 amide bonds. The molecule has 2 aromatic rings. The number of carbonyl (C=O) groups is 1. The summed E-state index contributed by atoms with van der Waals surface area (Å²) in [5, 5.41) is 34.6. The van der Waals surface area contributed by atoms with Crippen molar-refractivity contribution in [3.63, 3.8) is 0 Å². The number of phenols is 3. The van der Waals surface area contributed by atoms with Crippen molar-refractivity contribution in [1.82, 2.24) is 0 Å². The van der Waals surface area contributed by atoms with Crippen LogP contribution in [0.1, 0.15) is 10.4 Å². The van der Waals surface area contributed by atoms with Gasteiger partial charge in [-0.25, -0.2) is 4.79 Å². The molecule has 0 unspecified atom stereocenters. The molecule has 7 N–H and O–H groups in total. The first-order valence-corrected chi connectivity index (χ1v) is 8.00. The number of benzene rings is 2. The van der Waals surface area contributed by atoms with Gasteiger partial charge in [-0.05, 0) is 35.5 Å². The molecule has 2 aromatic carbocycles. The topological polar surface area (TPSA) is 251 Å². The van der Waals surface area contributed by atoms with E-state index in [1.165, 1.54) is 30.3 Å². The summed E-state index contributed by atoms with van der Waals surface area (Å²) >= 11 is 3.24. The minimum atomic E-state index is -4.33. The van der Waals surface area contributed by atoms with Gasteiger partial charge in [-0.15, -0.1) is 9.05 Å². The Morgan fingerprint density at radius 2 is 1.21 bits per heavy atom. The van der Waals surface area contributed by atoms with E-state index in [1.54, 1.807) is 18.2 Å². The Hall–Kier alpha value is 0.0125. The van der Waals surface area contributed by atoms with Crippen molar-refractivity contribution in [2.75, 3.05) is 0 Å². The zero-order chi connectivity index (χ0) is 18.0. The second-order valence-corrected chi connectivity index (χ2v) is 5.79. The Kier molecular flexibility index (Phi) is 39.3. The first-order chi connectivity index (χ1) is 10.5. The largest absolute Gasteiger partial charge is 3.00 e. The van der Waals surface area contributed by atoms with Gasteiger partial charge in [0.15, 0.2) is 0 Å². The van der Waals surface area contributed by atoms with Crippen molar-refractivity contribution in [1.29, 1.82) is 0 Å². The summed E-state index contributed by atoms with van der Waals surface area (Å²) in [7, 11) is -4.33. The SMILES string of the molecule is O=C(O)c1ccccc1O.O=S([O-])([O-])=S.Oc1cccc(O)c1.[Al+3].[Na+].[Na+].[OH-].[OH-].[OH-]. The molecule has 16 heteroatoms. The van der Waals surface area contributed by atoms with Gasteiger partial charge in [0.05, 0.1) is 0 Å². The zero-order valence-electron chi connectivity index (χ0n) is 15.3. The van der Waals surface area contributed by atoms with E-state index in [2.05, 4.69) is 11.2 Å². The number of hydrogen-bond acceptors (Lipinski definition) is 11. The van der Waals surface area contributed by atoms with E-state index >= 15 is 0 Å². The van der Waals surface area contributed by atoms with Gasteiger partial charge < -0.3 is 46.0 Å². The van der Waals surface area contributed by atoms with E-state index < -0.39 is 15.0 Å². The molecule has 0 aliphatic heterocycles. The number of aromatic hydroxyl groups is 3. The maximum Gasteiger partial charge on any atom is 3.00 e. The predicted octanol–water partition coefficient (Wildman–Crippen LogP) is -5.72. The van der Waals surface area contributed by atoms with Crippen LogP contribution in [0, 0.1) is 0 Å². The second-order valence-electron chi connectivity index (χ2n) is 3.75. The molecule has 0 saturated heterocycles. The minimum Gasteiger partial charge on any atom is -0.870 e. The molecule has 2 rings (SSSR count). The van der Waals surface area contributed by atoms with Crippen molar-refractivity contribution < 1.29 is 114 Å². The Morgan fingerprint density at radius 1 is 0.862 bits per heavy atom. The fourth-order valence-electron chi connectivity index (χ4n) is 1.15. The summed E-state index contributed by atoms with van der Waals surface area (Å²) in [5.74, 6) is -1.14. The van der Waals surface area contributed by atoms with E-state index in [-0.39, 0.29) is 116 Å². The Bertz CT molecular complexity index is 739. The fourth-order valence-corrected chi connectivity index (χ4v) is 1.15. The Morgan fingerprint density at radius 3 is 1.41 bits per heavy atom. The van der Waals surface area contributed by atoms with E-state index in [0.29, 0.717) is 0 Å². The van der Waals surface area contributed by atoms with Crippen LogP contribution in [0.2, 0.25) is 0 Å². The molecule has 0 atom stereocenters.